The van der Waals surface area contributed by atoms with E-state index in [0.29, 0.717) is 0 Å². The number of amidine groups is 1. The molecule has 25 heavy (non-hydrogen) atoms. The molecule has 0 radical (unpaired) electrons. The number of urea groups is 1. The number of amides is 3. The highest BCUT2D eigenvalue weighted by atomic mass is 32.2. The summed E-state index contributed by atoms with van der Waals surface area (Å²) in [5, 5.41) is 3.39. The molecule has 2 atom stereocenters. The number of carbonyl (C=O) groups excluding carboxylic acids is 2. The lowest BCUT2D eigenvalue weighted by Gasteiger charge is -2.36. The molecule has 0 aliphatic carbocycles. The minimum atomic E-state index is -0.384. The van der Waals surface area contributed by atoms with E-state index >= 15 is 0 Å². The fourth-order valence-corrected chi connectivity index (χ4v) is 4.34. The van der Waals surface area contributed by atoms with Crippen LogP contribution in [-0.4, -0.2) is 58.5 Å². The monoisotopic (exact) mass is 368 g/mol. The molecular weight excluding hydrogens is 336 g/mol. The summed E-state index contributed by atoms with van der Waals surface area (Å²) in [6, 6.07) is -0.724. The van der Waals surface area contributed by atoms with Gasteiger partial charge in [0.15, 0.2) is 17.4 Å². The lowest BCUT2D eigenvalue weighted by Crippen LogP contribution is -2.63. The summed E-state index contributed by atoms with van der Waals surface area (Å²) in [4.78, 5) is 32.7. The van der Waals surface area contributed by atoms with Crippen molar-refractivity contribution in [2.24, 2.45) is 4.99 Å². The van der Waals surface area contributed by atoms with Gasteiger partial charge in [0.05, 0.1) is 0 Å². The predicted molar refractivity (Wildman–Crippen MR) is 104 cm³/mol. The molecule has 0 bridgehead atoms. The number of fused-ring (bicyclic) bond motifs is 1. The molecule has 3 amide bonds. The zero-order chi connectivity index (χ0) is 18.2. The second kappa shape index (κ2) is 10.0. The van der Waals surface area contributed by atoms with Gasteiger partial charge < -0.3 is 9.80 Å². The number of carbonyl (C=O) groups is 2. The quantitative estimate of drug-likeness (QED) is 0.600. The Bertz CT molecular complexity index is 497. The van der Waals surface area contributed by atoms with E-state index in [1.54, 1.807) is 23.7 Å². The largest absolute Gasteiger partial charge is 0.336 e. The second-order valence-corrected chi connectivity index (χ2v) is 7.90. The maximum absolute atomic E-state index is 12.4. The summed E-state index contributed by atoms with van der Waals surface area (Å²) in [6.45, 7) is 5.24. The van der Waals surface area contributed by atoms with Gasteiger partial charge in [0, 0.05) is 19.3 Å². The van der Waals surface area contributed by atoms with Crippen molar-refractivity contribution in [3.8, 4) is 0 Å². The lowest BCUT2D eigenvalue weighted by atomic mass is 10.1. The normalized spacial score (nSPS) is 22.9. The molecule has 2 aliphatic heterocycles. The minimum absolute atomic E-state index is 0.213. The van der Waals surface area contributed by atoms with Crippen LogP contribution in [-0.2, 0) is 4.79 Å². The van der Waals surface area contributed by atoms with Crippen molar-refractivity contribution < 1.29 is 9.59 Å². The van der Waals surface area contributed by atoms with Gasteiger partial charge in [0.2, 0.25) is 0 Å². The third-order valence-electron chi connectivity index (χ3n) is 4.80. The number of hydrogen-bond acceptors (Lipinski definition) is 5. The lowest BCUT2D eigenvalue weighted by molar-refractivity contribution is -0.127. The van der Waals surface area contributed by atoms with Crippen LogP contribution in [0.3, 0.4) is 0 Å². The molecule has 7 heteroatoms. The minimum Gasteiger partial charge on any atom is -0.336 e. The molecule has 2 heterocycles. The molecule has 2 unspecified atom stereocenters. The SMILES string of the molecule is CCCCCCCN1C(SCCCCC)=NC2C1C(=O)NC(=O)N2C. The van der Waals surface area contributed by atoms with E-state index in [9.17, 15) is 9.59 Å². The molecule has 6 nitrogen and oxygen atoms in total. The van der Waals surface area contributed by atoms with Gasteiger partial charge in [-0.25, -0.2) is 9.79 Å². The van der Waals surface area contributed by atoms with Crippen LogP contribution in [0.2, 0.25) is 0 Å². The molecular formula is C18H32N4O2S. The van der Waals surface area contributed by atoms with E-state index in [0.717, 1.165) is 30.3 Å². The first-order valence-corrected chi connectivity index (χ1v) is 10.6. The topological polar surface area (TPSA) is 65.0 Å². The molecule has 1 saturated heterocycles. The Kier molecular flexibility index (Phi) is 8.06. The average Bonchev–Trinajstić information content (AvgIpc) is 2.96. The maximum Gasteiger partial charge on any atom is 0.325 e. The van der Waals surface area contributed by atoms with Crippen molar-refractivity contribution in [2.75, 3.05) is 19.3 Å². The van der Waals surface area contributed by atoms with Crippen molar-refractivity contribution in [1.29, 1.82) is 0 Å². The van der Waals surface area contributed by atoms with Crippen LogP contribution < -0.4 is 5.32 Å². The summed E-state index contributed by atoms with van der Waals surface area (Å²) in [6.07, 6.45) is 9.13. The van der Waals surface area contributed by atoms with Gasteiger partial charge in [0.1, 0.15) is 0 Å². The summed E-state index contributed by atoms with van der Waals surface area (Å²) < 4.78 is 0. The van der Waals surface area contributed by atoms with Crippen LogP contribution in [0.25, 0.3) is 0 Å². The number of unbranched alkanes of at least 4 members (excludes halogenated alkanes) is 6. The second-order valence-electron chi connectivity index (χ2n) is 6.84. The maximum atomic E-state index is 12.4. The van der Waals surface area contributed by atoms with Crippen LogP contribution in [0.1, 0.15) is 65.2 Å². The van der Waals surface area contributed by atoms with Crippen LogP contribution in [0.15, 0.2) is 4.99 Å². The molecule has 1 fully saturated rings. The molecule has 1 N–H and O–H groups in total. The van der Waals surface area contributed by atoms with Crippen molar-refractivity contribution >= 4 is 28.9 Å². The van der Waals surface area contributed by atoms with E-state index in [1.807, 2.05) is 0 Å². The Morgan fingerprint density at radius 3 is 2.44 bits per heavy atom. The number of imide groups is 1. The fraction of sp³-hybridized carbons (Fsp3) is 0.833. The number of nitrogens with zero attached hydrogens (tertiary/aromatic N) is 3. The zero-order valence-electron chi connectivity index (χ0n) is 15.8. The van der Waals surface area contributed by atoms with Crippen molar-refractivity contribution in [2.45, 2.75) is 77.4 Å². The molecule has 0 aromatic heterocycles. The van der Waals surface area contributed by atoms with Gasteiger partial charge >= 0.3 is 6.03 Å². The van der Waals surface area contributed by atoms with Gasteiger partial charge in [-0.1, -0.05) is 64.1 Å². The third-order valence-corrected chi connectivity index (χ3v) is 5.90. The number of rotatable bonds is 10. The van der Waals surface area contributed by atoms with Crippen LogP contribution in [0.5, 0.6) is 0 Å². The number of likely N-dealkylation sites (N-methyl/N-ethyl adjacent to an activating group) is 1. The zero-order valence-corrected chi connectivity index (χ0v) is 16.6. The Hall–Kier alpha value is -1.24. The summed E-state index contributed by atoms with van der Waals surface area (Å²) in [5.41, 5.74) is 0. The van der Waals surface area contributed by atoms with Crippen molar-refractivity contribution in [3.05, 3.63) is 0 Å². The van der Waals surface area contributed by atoms with Gasteiger partial charge in [-0.15, -0.1) is 0 Å². The first kappa shape index (κ1) is 20.1. The van der Waals surface area contributed by atoms with Gasteiger partial charge in [-0.2, -0.15) is 0 Å². The fourth-order valence-electron chi connectivity index (χ4n) is 3.26. The van der Waals surface area contributed by atoms with Crippen molar-refractivity contribution in [3.63, 3.8) is 0 Å². The molecule has 0 saturated carbocycles. The molecule has 0 aromatic carbocycles. The highest BCUT2D eigenvalue weighted by molar-refractivity contribution is 8.13. The van der Waals surface area contributed by atoms with Crippen LogP contribution in [0.4, 0.5) is 4.79 Å². The molecule has 0 spiro atoms. The van der Waals surface area contributed by atoms with E-state index in [1.165, 1.54) is 38.5 Å². The summed E-state index contributed by atoms with van der Waals surface area (Å²) >= 11 is 1.73. The number of thioether (sulfide) groups is 1. The van der Waals surface area contributed by atoms with Gasteiger partial charge in [0.25, 0.3) is 5.91 Å². The third kappa shape index (κ3) is 5.12. The molecule has 0 aromatic rings. The van der Waals surface area contributed by atoms with Crippen LogP contribution >= 0.6 is 11.8 Å². The smallest absolute Gasteiger partial charge is 0.325 e. The summed E-state index contributed by atoms with van der Waals surface area (Å²) in [7, 11) is 1.72. The Morgan fingerprint density at radius 1 is 1.04 bits per heavy atom. The Balaban J connectivity index is 2.01. The first-order chi connectivity index (χ1) is 12.1. The predicted octanol–water partition coefficient (Wildman–Crippen LogP) is 3.43. The van der Waals surface area contributed by atoms with Gasteiger partial charge in [-0.3, -0.25) is 10.1 Å². The highest BCUT2D eigenvalue weighted by Crippen LogP contribution is 2.29. The Morgan fingerprint density at radius 2 is 1.72 bits per heavy atom. The molecule has 142 valence electrons. The first-order valence-electron chi connectivity index (χ1n) is 9.65. The molecule has 2 rings (SSSR count). The van der Waals surface area contributed by atoms with Crippen LogP contribution in [0, 0.1) is 0 Å². The van der Waals surface area contributed by atoms with Crippen molar-refractivity contribution in [1.82, 2.24) is 15.1 Å². The average molecular weight is 369 g/mol. The summed E-state index contributed by atoms with van der Waals surface area (Å²) in [5.74, 6) is 0.798. The van der Waals surface area contributed by atoms with E-state index in [-0.39, 0.29) is 24.1 Å². The highest BCUT2D eigenvalue weighted by Gasteiger charge is 2.48. The Labute approximate surface area is 155 Å². The molecule has 2 aliphatic rings. The standard InChI is InChI=1S/C18H32N4O2S/c1-4-6-8-9-10-12-22-14-15(21(3)17(24)20-16(14)23)19-18(22)25-13-11-7-5-2/h14-15H,4-13H2,1-3H3,(H,20,23,24). The number of aliphatic imine (C=N–C) groups is 1. The number of nitrogens with one attached hydrogen (secondary N) is 1. The number of hydrogen-bond donors (Lipinski definition) is 1. The van der Waals surface area contributed by atoms with E-state index in [2.05, 4.69) is 24.1 Å². The van der Waals surface area contributed by atoms with E-state index < -0.39 is 0 Å². The van der Waals surface area contributed by atoms with Gasteiger partial charge in [-0.05, 0) is 12.8 Å². The van der Waals surface area contributed by atoms with E-state index in [4.69, 9.17) is 4.99 Å².